The minimum atomic E-state index is -0.120. The molecule has 0 atom stereocenters. The lowest BCUT2D eigenvalue weighted by Gasteiger charge is -2.29. The minimum absolute atomic E-state index is 0.0612. The number of carbonyl (C=O) groups is 2. The molecule has 3 aromatic carbocycles. The molecule has 2 fully saturated rings. The maximum Gasteiger partial charge on any atom is 0.242 e. The van der Waals surface area contributed by atoms with E-state index < -0.39 is 0 Å². The number of anilines is 2. The van der Waals surface area contributed by atoms with Crippen molar-refractivity contribution in [2.75, 3.05) is 56.3 Å². The van der Waals surface area contributed by atoms with Crippen LogP contribution in [-0.2, 0) is 34.0 Å². The van der Waals surface area contributed by atoms with E-state index in [-0.39, 0.29) is 24.9 Å². The third-order valence-electron chi connectivity index (χ3n) is 6.99. The zero-order valence-corrected chi connectivity index (χ0v) is 21.8. The third kappa shape index (κ3) is 6.44. The van der Waals surface area contributed by atoms with Gasteiger partial charge in [0, 0.05) is 44.1 Å². The topological polar surface area (TPSA) is 74.3 Å². The Morgan fingerprint density at radius 3 is 2.34 bits per heavy atom. The number of nitrogens with zero attached hydrogens (tertiary/aromatic N) is 3. The number of hydrogen-bond donors (Lipinski definition) is 1. The molecule has 8 nitrogen and oxygen atoms in total. The summed E-state index contributed by atoms with van der Waals surface area (Å²) in [5, 5.41) is 2.59. The van der Waals surface area contributed by atoms with Gasteiger partial charge in [-0.1, -0.05) is 36.4 Å². The highest BCUT2D eigenvalue weighted by molar-refractivity contribution is 5.92. The van der Waals surface area contributed by atoms with Crippen molar-refractivity contribution in [3.05, 3.63) is 89.5 Å². The van der Waals surface area contributed by atoms with Crippen LogP contribution in [0.4, 0.5) is 11.4 Å². The number of carbonyl (C=O) groups excluding carboxylic acids is 2. The summed E-state index contributed by atoms with van der Waals surface area (Å²) in [7, 11) is 1.68. The van der Waals surface area contributed by atoms with E-state index in [9.17, 15) is 9.59 Å². The number of piperazine rings is 1. The smallest absolute Gasteiger partial charge is 0.242 e. The molecule has 198 valence electrons. The van der Waals surface area contributed by atoms with Crippen LogP contribution in [0, 0.1) is 0 Å². The molecule has 8 heteroatoms. The molecule has 0 bridgehead atoms. The second kappa shape index (κ2) is 12.0. The Kier molecular flexibility index (Phi) is 8.09. The van der Waals surface area contributed by atoms with E-state index in [2.05, 4.69) is 63.6 Å². The predicted octanol–water partition coefficient (Wildman–Crippen LogP) is 3.20. The van der Waals surface area contributed by atoms with Crippen molar-refractivity contribution in [3.63, 3.8) is 0 Å². The maximum absolute atomic E-state index is 12.2. The largest absolute Gasteiger partial charge is 0.497 e. The molecule has 0 radical (unpaired) electrons. The van der Waals surface area contributed by atoms with Crippen molar-refractivity contribution >= 4 is 23.2 Å². The highest BCUT2D eigenvalue weighted by Gasteiger charge is 2.23. The van der Waals surface area contributed by atoms with Crippen LogP contribution in [0.25, 0.3) is 0 Å². The molecule has 1 N–H and O–H groups in total. The highest BCUT2D eigenvalue weighted by Crippen LogP contribution is 2.25. The summed E-state index contributed by atoms with van der Waals surface area (Å²) in [6, 6.07) is 25.2. The molecule has 2 heterocycles. The summed E-state index contributed by atoms with van der Waals surface area (Å²) in [4.78, 5) is 30.2. The van der Waals surface area contributed by atoms with Crippen LogP contribution in [0.2, 0.25) is 0 Å². The zero-order chi connectivity index (χ0) is 26.3. The molecule has 3 aromatic rings. The van der Waals surface area contributed by atoms with Gasteiger partial charge >= 0.3 is 0 Å². The van der Waals surface area contributed by atoms with Crippen molar-refractivity contribution in [1.29, 1.82) is 0 Å². The van der Waals surface area contributed by atoms with Crippen molar-refractivity contribution in [1.82, 2.24) is 10.2 Å². The molecule has 2 aliphatic heterocycles. The number of nitrogens with one attached hydrogen (secondary N) is 1. The molecule has 2 amide bonds. The molecule has 0 saturated carbocycles. The Morgan fingerprint density at radius 2 is 1.61 bits per heavy atom. The Labute approximate surface area is 223 Å². The summed E-state index contributed by atoms with van der Waals surface area (Å²) in [6.45, 7) is 5.42. The first kappa shape index (κ1) is 25.6. The van der Waals surface area contributed by atoms with Gasteiger partial charge in [-0.15, -0.1) is 0 Å². The number of hydrogen-bond acceptors (Lipinski definition) is 6. The van der Waals surface area contributed by atoms with Crippen LogP contribution in [0.15, 0.2) is 72.8 Å². The second-order valence-electron chi connectivity index (χ2n) is 9.67. The van der Waals surface area contributed by atoms with E-state index in [0.717, 1.165) is 55.4 Å². The van der Waals surface area contributed by atoms with E-state index in [1.165, 1.54) is 11.3 Å². The van der Waals surface area contributed by atoms with Gasteiger partial charge in [0.2, 0.25) is 11.8 Å². The first-order valence-corrected chi connectivity index (χ1v) is 13.0. The minimum Gasteiger partial charge on any atom is -0.497 e. The first-order valence-electron chi connectivity index (χ1n) is 13.0. The summed E-state index contributed by atoms with van der Waals surface area (Å²) in [5.74, 6) is 0.655. The fourth-order valence-corrected chi connectivity index (χ4v) is 4.86. The van der Waals surface area contributed by atoms with Crippen LogP contribution in [0.3, 0.4) is 0 Å². The molecule has 2 aliphatic rings. The third-order valence-corrected chi connectivity index (χ3v) is 6.99. The van der Waals surface area contributed by atoms with E-state index in [1.807, 2.05) is 24.3 Å². The Hall–Kier alpha value is -4.04. The van der Waals surface area contributed by atoms with Gasteiger partial charge in [-0.25, -0.2) is 0 Å². The number of amides is 2. The van der Waals surface area contributed by atoms with Gasteiger partial charge < -0.3 is 29.5 Å². The average Bonchev–Trinajstić information content (AvgIpc) is 2.96. The Morgan fingerprint density at radius 1 is 0.895 bits per heavy atom. The molecule has 0 unspecified atom stereocenters. The number of methoxy groups -OCH3 is 1. The van der Waals surface area contributed by atoms with Gasteiger partial charge in [0.05, 0.1) is 33.4 Å². The highest BCUT2D eigenvalue weighted by atomic mass is 16.5. The standard InChI is InChI=1S/C30H34N4O4/c1-37-28-4-2-3-25(17-28)21-33(19-23-5-9-26(10-6-23)32-13-15-38-16-14-32)27-11-7-24(8-12-27)20-34-22-29(35)31-18-30(34)36/h2-12,17H,13-16,18-22H2,1H3,(H,31,35). The Bertz CT molecular complexity index is 1240. The number of morpholine rings is 1. The molecular formula is C30H34N4O4. The van der Waals surface area contributed by atoms with E-state index in [1.54, 1.807) is 12.0 Å². The lowest BCUT2D eigenvalue weighted by Crippen LogP contribution is -2.50. The molecule has 0 aromatic heterocycles. The van der Waals surface area contributed by atoms with Gasteiger partial charge in [0.1, 0.15) is 5.75 Å². The summed E-state index contributed by atoms with van der Waals surface area (Å²) >= 11 is 0. The van der Waals surface area contributed by atoms with Gasteiger partial charge in [-0.05, 0) is 53.1 Å². The van der Waals surface area contributed by atoms with Crippen molar-refractivity contribution < 1.29 is 19.1 Å². The molecule has 2 saturated heterocycles. The van der Waals surface area contributed by atoms with Gasteiger partial charge in [-0.3, -0.25) is 9.59 Å². The lowest BCUT2D eigenvalue weighted by atomic mass is 10.1. The van der Waals surface area contributed by atoms with Gasteiger partial charge in [0.15, 0.2) is 0 Å². The average molecular weight is 515 g/mol. The first-order chi connectivity index (χ1) is 18.6. The predicted molar refractivity (Wildman–Crippen MR) is 147 cm³/mol. The molecule has 38 heavy (non-hydrogen) atoms. The lowest BCUT2D eigenvalue weighted by molar-refractivity contribution is -0.141. The summed E-state index contributed by atoms with van der Waals surface area (Å²) < 4.78 is 10.9. The number of benzene rings is 3. The van der Waals surface area contributed by atoms with Crippen LogP contribution in [0.5, 0.6) is 5.75 Å². The van der Waals surface area contributed by atoms with Crippen LogP contribution < -0.4 is 19.9 Å². The summed E-state index contributed by atoms with van der Waals surface area (Å²) in [5.41, 5.74) is 5.67. The van der Waals surface area contributed by atoms with E-state index in [4.69, 9.17) is 9.47 Å². The van der Waals surface area contributed by atoms with Crippen molar-refractivity contribution in [2.24, 2.45) is 0 Å². The number of ether oxygens (including phenoxy) is 2. The van der Waals surface area contributed by atoms with E-state index >= 15 is 0 Å². The molecule has 0 aliphatic carbocycles. The van der Waals surface area contributed by atoms with Crippen molar-refractivity contribution in [3.8, 4) is 5.75 Å². The van der Waals surface area contributed by atoms with E-state index in [0.29, 0.717) is 13.1 Å². The molecule has 5 rings (SSSR count). The molecular weight excluding hydrogens is 480 g/mol. The van der Waals surface area contributed by atoms with Crippen molar-refractivity contribution in [2.45, 2.75) is 19.6 Å². The number of rotatable bonds is 9. The maximum atomic E-state index is 12.2. The summed E-state index contributed by atoms with van der Waals surface area (Å²) in [6.07, 6.45) is 0. The SMILES string of the molecule is COc1cccc(CN(Cc2ccc(N3CCOCC3)cc2)c2ccc(CN3CC(=O)NCC3=O)cc2)c1. The zero-order valence-electron chi connectivity index (χ0n) is 21.8. The molecule has 0 spiro atoms. The quantitative estimate of drug-likeness (QED) is 0.473. The fraction of sp³-hybridized carbons (Fsp3) is 0.333. The van der Waals surface area contributed by atoms with Gasteiger partial charge in [-0.2, -0.15) is 0 Å². The van der Waals surface area contributed by atoms with Crippen LogP contribution in [-0.4, -0.2) is 63.2 Å². The van der Waals surface area contributed by atoms with Crippen LogP contribution in [0.1, 0.15) is 16.7 Å². The Balaban J connectivity index is 1.33. The van der Waals surface area contributed by atoms with Gasteiger partial charge in [0.25, 0.3) is 0 Å². The van der Waals surface area contributed by atoms with Crippen LogP contribution >= 0.6 is 0 Å². The normalized spacial score (nSPS) is 15.8. The fourth-order valence-electron chi connectivity index (χ4n) is 4.86. The second-order valence-corrected chi connectivity index (χ2v) is 9.67. The monoisotopic (exact) mass is 514 g/mol.